The highest BCUT2D eigenvalue weighted by atomic mass is 16.5. The first-order valence-corrected chi connectivity index (χ1v) is 6.30. The second-order valence-corrected chi connectivity index (χ2v) is 4.33. The van der Waals surface area contributed by atoms with Gasteiger partial charge in [0.15, 0.2) is 0 Å². The average molecular weight is 257 g/mol. The quantitative estimate of drug-likeness (QED) is 0.773. The van der Waals surface area contributed by atoms with Crippen molar-refractivity contribution in [3.8, 4) is 5.75 Å². The first-order valence-electron chi connectivity index (χ1n) is 6.30. The number of hydrogen-bond donors (Lipinski definition) is 1. The van der Waals surface area contributed by atoms with Crippen molar-refractivity contribution in [2.24, 2.45) is 7.05 Å². The van der Waals surface area contributed by atoms with Gasteiger partial charge in [-0.15, -0.1) is 0 Å². The van der Waals surface area contributed by atoms with Crippen LogP contribution < -0.4 is 10.1 Å². The molecule has 1 aromatic heterocycles. The van der Waals surface area contributed by atoms with Crippen LogP contribution in [0.2, 0.25) is 0 Å². The van der Waals surface area contributed by atoms with Gasteiger partial charge in [-0.1, -0.05) is 24.8 Å². The lowest BCUT2D eigenvalue weighted by atomic mass is 10.2. The molecule has 0 atom stereocenters. The Hall–Kier alpha value is -2.07. The smallest absolute Gasteiger partial charge is 0.119 e. The molecule has 100 valence electrons. The van der Waals surface area contributed by atoms with E-state index in [0.29, 0.717) is 6.61 Å². The second kappa shape index (κ2) is 6.75. The highest BCUT2D eigenvalue weighted by Gasteiger charge is 1.98. The first-order chi connectivity index (χ1) is 9.28. The number of benzene rings is 1. The fourth-order valence-corrected chi connectivity index (χ4v) is 1.75. The molecule has 2 aromatic rings. The van der Waals surface area contributed by atoms with Gasteiger partial charge >= 0.3 is 0 Å². The maximum absolute atomic E-state index is 5.44. The number of ether oxygens (including phenoxy) is 1. The first kappa shape index (κ1) is 13.4. The summed E-state index contributed by atoms with van der Waals surface area (Å²) >= 11 is 0. The second-order valence-electron chi connectivity index (χ2n) is 4.33. The van der Waals surface area contributed by atoms with Gasteiger partial charge in [0.25, 0.3) is 0 Å². The van der Waals surface area contributed by atoms with E-state index in [9.17, 15) is 0 Å². The van der Waals surface area contributed by atoms with E-state index in [1.54, 1.807) is 6.08 Å². The third-order valence-corrected chi connectivity index (χ3v) is 2.70. The maximum atomic E-state index is 5.44. The Kier molecular flexibility index (Phi) is 4.75. The molecule has 1 aromatic carbocycles. The van der Waals surface area contributed by atoms with E-state index in [0.717, 1.165) is 24.5 Å². The minimum Gasteiger partial charge on any atom is -0.490 e. The van der Waals surface area contributed by atoms with E-state index in [1.165, 1.54) is 5.56 Å². The van der Waals surface area contributed by atoms with Crippen molar-refractivity contribution in [1.82, 2.24) is 15.1 Å². The minimum atomic E-state index is 0.539. The molecule has 4 heteroatoms. The normalized spacial score (nSPS) is 10.4. The predicted octanol–water partition coefficient (Wildman–Crippen LogP) is 2.27. The fraction of sp³-hybridized carbons (Fsp3) is 0.267. The molecule has 0 bridgehead atoms. The minimum absolute atomic E-state index is 0.539. The molecule has 0 aliphatic rings. The van der Waals surface area contributed by atoms with Gasteiger partial charge in [0.05, 0.1) is 5.69 Å². The summed E-state index contributed by atoms with van der Waals surface area (Å²) in [6.07, 6.45) is 3.69. The van der Waals surface area contributed by atoms with Crippen LogP contribution in [0.5, 0.6) is 5.75 Å². The van der Waals surface area contributed by atoms with Crippen molar-refractivity contribution in [1.29, 1.82) is 0 Å². The molecule has 0 saturated carbocycles. The molecule has 0 amide bonds. The van der Waals surface area contributed by atoms with Crippen LogP contribution in [-0.2, 0) is 20.1 Å². The molecule has 1 heterocycles. The monoisotopic (exact) mass is 257 g/mol. The van der Waals surface area contributed by atoms with Crippen LogP contribution in [0, 0.1) is 0 Å². The number of nitrogens with one attached hydrogen (secondary N) is 1. The lowest BCUT2D eigenvalue weighted by Gasteiger charge is -2.06. The molecule has 0 saturated heterocycles. The van der Waals surface area contributed by atoms with E-state index in [-0.39, 0.29) is 0 Å². The summed E-state index contributed by atoms with van der Waals surface area (Å²) < 4.78 is 7.24. The highest BCUT2D eigenvalue weighted by Crippen LogP contribution is 2.12. The van der Waals surface area contributed by atoms with Gasteiger partial charge in [-0.05, 0) is 23.8 Å². The molecule has 0 aliphatic heterocycles. The van der Waals surface area contributed by atoms with Crippen molar-refractivity contribution >= 4 is 0 Å². The zero-order valence-electron chi connectivity index (χ0n) is 11.2. The molecule has 0 fully saturated rings. The lowest BCUT2D eigenvalue weighted by molar-refractivity contribution is 0.363. The van der Waals surface area contributed by atoms with Crippen molar-refractivity contribution < 1.29 is 4.74 Å². The summed E-state index contributed by atoms with van der Waals surface area (Å²) in [6, 6.07) is 10.1. The van der Waals surface area contributed by atoms with E-state index in [2.05, 4.69) is 29.1 Å². The number of aromatic nitrogens is 2. The van der Waals surface area contributed by atoms with Crippen LogP contribution in [0.25, 0.3) is 0 Å². The van der Waals surface area contributed by atoms with Crippen LogP contribution in [0.15, 0.2) is 49.2 Å². The summed E-state index contributed by atoms with van der Waals surface area (Å²) in [5.74, 6) is 0.869. The molecular formula is C15H19N3O. The zero-order valence-corrected chi connectivity index (χ0v) is 11.2. The van der Waals surface area contributed by atoms with E-state index < -0.39 is 0 Å². The van der Waals surface area contributed by atoms with Crippen molar-refractivity contribution in [2.75, 3.05) is 6.61 Å². The van der Waals surface area contributed by atoms with Crippen molar-refractivity contribution in [3.63, 3.8) is 0 Å². The summed E-state index contributed by atoms with van der Waals surface area (Å²) in [7, 11) is 1.92. The molecule has 0 aliphatic carbocycles. The summed E-state index contributed by atoms with van der Waals surface area (Å²) in [4.78, 5) is 0. The van der Waals surface area contributed by atoms with Gasteiger partial charge in [-0.25, -0.2) is 0 Å². The van der Waals surface area contributed by atoms with E-state index in [1.807, 2.05) is 36.1 Å². The van der Waals surface area contributed by atoms with Crippen LogP contribution in [0.1, 0.15) is 11.3 Å². The van der Waals surface area contributed by atoms with Gasteiger partial charge in [-0.2, -0.15) is 5.10 Å². The molecule has 0 spiro atoms. The van der Waals surface area contributed by atoms with Crippen molar-refractivity contribution in [3.05, 3.63) is 60.4 Å². The number of nitrogens with zero attached hydrogens (tertiary/aromatic N) is 2. The Morgan fingerprint density at radius 2 is 2.05 bits per heavy atom. The van der Waals surface area contributed by atoms with Gasteiger partial charge in [0.2, 0.25) is 0 Å². The fourth-order valence-electron chi connectivity index (χ4n) is 1.75. The number of hydrogen-bond acceptors (Lipinski definition) is 3. The van der Waals surface area contributed by atoms with Crippen LogP contribution >= 0.6 is 0 Å². The summed E-state index contributed by atoms with van der Waals surface area (Å²) in [5, 5.41) is 7.68. The number of aryl methyl sites for hydroxylation is 1. The van der Waals surface area contributed by atoms with Gasteiger partial charge in [0, 0.05) is 26.3 Å². The van der Waals surface area contributed by atoms with E-state index >= 15 is 0 Å². The Morgan fingerprint density at radius 3 is 2.68 bits per heavy atom. The Balaban J connectivity index is 1.78. The van der Waals surface area contributed by atoms with Gasteiger partial charge in [0.1, 0.15) is 12.4 Å². The summed E-state index contributed by atoms with van der Waals surface area (Å²) in [6.45, 7) is 5.75. The predicted molar refractivity (Wildman–Crippen MR) is 75.9 cm³/mol. The van der Waals surface area contributed by atoms with Crippen LogP contribution in [-0.4, -0.2) is 16.4 Å². The zero-order chi connectivity index (χ0) is 13.5. The SMILES string of the molecule is C=CCOc1ccc(CNCc2ccn(C)n2)cc1. The van der Waals surface area contributed by atoms with Crippen molar-refractivity contribution in [2.45, 2.75) is 13.1 Å². The molecule has 2 rings (SSSR count). The molecular weight excluding hydrogens is 238 g/mol. The maximum Gasteiger partial charge on any atom is 0.119 e. The van der Waals surface area contributed by atoms with E-state index in [4.69, 9.17) is 4.74 Å². The standard InChI is InChI=1S/C15H19N3O/c1-3-10-19-15-6-4-13(5-7-15)11-16-12-14-8-9-18(2)17-14/h3-9,16H,1,10-12H2,2H3. The average Bonchev–Trinajstić information content (AvgIpc) is 2.84. The van der Waals surface area contributed by atoms with Crippen LogP contribution in [0.4, 0.5) is 0 Å². The van der Waals surface area contributed by atoms with Gasteiger partial charge in [-0.3, -0.25) is 4.68 Å². The van der Waals surface area contributed by atoms with Crippen LogP contribution in [0.3, 0.4) is 0 Å². The topological polar surface area (TPSA) is 39.1 Å². The largest absolute Gasteiger partial charge is 0.490 e. The lowest BCUT2D eigenvalue weighted by Crippen LogP contribution is -2.13. The number of rotatable bonds is 7. The Morgan fingerprint density at radius 1 is 1.26 bits per heavy atom. The molecule has 19 heavy (non-hydrogen) atoms. The molecule has 0 radical (unpaired) electrons. The Labute approximate surface area is 113 Å². The Bertz CT molecular complexity index is 516. The third kappa shape index (κ3) is 4.26. The molecule has 1 N–H and O–H groups in total. The molecule has 4 nitrogen and oxygen atoms in total. The third-order valence-electron chi connectivity index (χ3n) is 2.70. The summed E-state index contributed by atoms with van der Waals surface area (Å²) in [5.41, 5.74) is 2.27. The highest BCUT2D eigenvalue weighted by molar-refractivity contribution is 5.27. The molecule has 0 unspecified atom stereocenters. The van der Waals surface area contributed by atoms with Gasteiger partial charge < -0.3 is 10.1 Å².